The SMILES string of the molecule is COC(=O)[C@@H](Cc1ccc(OCc2ccccc2)c(OCc2ccccc2)c1)NC(=O)c1ccc(CP(=O)(OC)OC)cc1. The molecular formula is C34H36NO8P. The van der Waals surface area contributed by atoms with Crippen molar-refractivity contribution in [3.05, 3.63) is 131 Å². The highest BCUT2D eigenvalue weighted by Crippen LogP contribution is 2.49. The Morgan fingerprint density at radius 3 is 1.77 bits per heavy atom. The van der Waals surface area contributed by atoms with Gasteiger partial charge in [0.1, 0.15) is 19.3 Å². The zero-order valence-electron chi connectivity index (χ0n) is 24.9. The molecule has 0 saturated heterocycles. The third kappa shape index (κ3) is 9.28. The van der Waals surface area contributed by atoms with Gasteiger partial charge in [0, 0.05) is 26.2 Å². The molecule has 0 bridgehead atoms. The first-order chi connectivity index (χ1) is 21.3. The van der Waals surface area contributed by atoms with Gasteiger partial charge in [-0.2, -0.15) is 0 Å². The quantitative estimate of drug-likeness (QED) is 0.122. The van der Waals surface area contributed by atoms with E-state index in [0.717, 1.165) is 16.7 Å². The summed E-state index contributed by atoms with van der Waals surface area (Å²) in [6.45, 7) is 0.680. The first-order valence-electron chi connectivity index (χ1n) is 14.0. The molecule has 230 valence electrons. The highest BCUT2D eigenvalue weighted by Gasteiger charge is 2.25. The number of hydrogen-bond acceptors (Lipinski definition) is 8. The van der Waals surface area contributed by atoms with Crippen molar-refractivity contribution in [2.24, 2.45) is 0 Å². The van der Waals surface area contributed by atoms with Gasteiger partial charge in [-0.1, -0.05) is 78.9 Å². The second-order valence-corrected chi connectivity index (χ2v) is 12.2. The second-order valence-electron chi connectivity index (χ2n) is 9.91. The van der Waals surface area contributed by atoms with Gasteiger partial charge in [0.2, 0.25) is 0 Å². The van der Waals surface area contributed by atoms with Crippen LogP contribution in [0.2, 0.25) is 0 Å². The Morgan fingerprint density at radius 2 is 1.23 bits per heavy atom. The summed E-state index contributed by atoms with van der Waals surface area (Å²) < 4.78 is 39.7. The molecule has 4 aromatic carbocycles. The van der Waals surface area contributed by atoms with Crippen LogP contribution in [0.5, 0.6) is 11.5 Å². The van der Waals surface area contributed by atoms with Crippen LogP contribution in [0.25, 0.3) is 0 Å². The van der Waals surface area contributed by atoms with E-state index in [9.17, 15) is 14.2 Å². The first-order valence-corrected chi connectivity index (χ1v) is 15.7. The van der Waals surface area contributed by atoms with E-state index in [1.54, 1.807) is 30.3 Å². The molecule has 0 aliphatic carbocycles. The predicted octanol–water partition coefficient (Wildman–Crippen LogP) is 6.34. The van der Waals surface area contributed by atoms with Gasteiger partial charge in [0.25, 0.3) is 5.91 Å². The van der Waals surface area contributed by atoms with Crippen molar-refractivity contribution < 1.29 is 37.4 Å². The van der Waals surface area contributed by atoms with E-state index in [0.29, 0.717) is 35.8 Å². The number of hydrogen-bond donors (Lipinski definition) is 1. The first kappa shape index (κ1) is 32.5. The van der Waals surface area contributed by atoms with Crippen LogP contribution in [-0.2, 0) is 48.9 Å². The van der Waals surface area contributed by atoms with Gasteiger partial charge < -0.3 is 28.6 Å². The van der Waals surface area contributed by atoms with Crippen LogP contribution in [0, 0.1) is 0 Å². The van der Waals surface area contributed by atoms with Crippen molar-refractivity contribution in [2.45, 2.75) is 31.8 Å². The number of methoxy groups -OCH3 is 1. The standard InChI is InChI=1S/C34H36NO8P/c1-39-34(37)30(35-33(36)29-17-14-27(15-18-29)24-44(38,40-2)41-3)20-28-16-19-31(42-22-25-10-6-4-7-11-25)32(21-28)43-23-26-12-8-5-9-13-26/h4-19,21,30H,20,22-24H2,1-3H3,(H,35,36)/t30-/m1/s1. The van der Waals surface area contributed by atoms with Crippen LogP contribution in [0.3, 0.4) is 0 Å². The molecule has 0 aromatic heterocycles. The van der Waals surface area contributed by atoms with Crippen molar-refractivity contribution in [3.63, 3.8) is 0 Å². The number of esters is 1. The van der Waals surface area contributed by atoms with E-state index in [1.165, 1.54) is 21.3 Å². The molecule has 9 nitrogen and oxygen atoms in total. The van der Waals surface area contributed by atoms with Crippen molar-refractivity contribution in [1.29, 1.82) is 0 Å². The molecule has 0 radical (unpaired) electrons. The summed E-state index contributed by atoms with van der Waals surface area (Å²) in [4.78, 5) is 25.8. The fourth-order valence-electron chi connectivity index (χ4n) is 4.38. The van der Waals surface area contributed by atoms with E-state index in [4.69, 9.17) is 23.3 Å². The van der Waals surface area contributed by atoms with Crippen LogP contribution in [-0.4, -0.2) is 39.2 Å². The highest BCUT2D eigenvalue weighted by atomic mass is 31.2. The Balaban J connectivity index is 1.49. The zero-order valence-corrected chi connectivity index (χ0v) is 25.8. The Morgan fingerprint density at radius 1 is 0.682 bits per heavy atom. The Hall–Kier alpha value is -4.43. The van der Waals surface area contributed by atoms with Gasteiger partial charge in [-0.15, -0.1) is 0 Å². The minimum Gasteiger partial charge on any atom is -0.485 e. The van der Waals surface area contributed by atoms with Gasteiger partial charge >= 0.3 is 13.6 Å². The summed E-state index contributed by atoms with van der Waals surface area (Å²) in [6.07, 6.45) is 0.217. The van der Waals surface area contributed by atoms with Crippen LogP contribution in [0.1, 0.15) is 32.6 Å². The van der Waals surface area contributed by atoms with E-state index in [2.05, 4.69) is 5.32 Å². The smallest absolute Gasteiger partial charge is 0.334 e. The number of ether oxygens (including phenoxy) is 3. The van der Waals surface area contributed by atoms with Crippen LogP contribution in [0.4, 0.5) is 0 Å². The number of amides is 1. The molecule has 0 saturated carbocycles. The molecule has 0 aliphatic rings. The Kier molecular flexibility index (Phi) is 11.7. The monoisotopic (exact) mass is 617 g/mol. The van der Waals surface area contributed by atoms with E-state index in [1.807, 2.05) is 72.8 Å². The number of carbonyl (C=O) groups excluding carboxylic acids is 2. The summed E-state index contributed by atoms with van der Waals surface area (Å²) in [6, 6.07) is 30.5. The van der Waals surface area contributed by atoms with E-state index >= 15 is 0 Å². The highest BCUT2D eigenvalue weighted by molar-refractivity contribution is 7.52. The molecule has 4 rings (SSSR count). The lowest BCUT2D eigenvalue weighted by Crippen LogP contribution is -2.43. The largest absolute Gasteiger partial charge is 0.485 e. The minimum absolute atomic E-state index is 0.0619. The normalized spacial score (nSPS) is 11.8. The van der Waals surface area contributed by atoms with Gasteiger partial charge in [-0.05, 0) is 46.5 Å². The number of carbonyl (C=O) groups is 2. The zero-order chi connectivity index (χ0) is 31.4. The maximum Gasteiger partial charge on any atom is 0.334 e. The molecule has 0 fully saturated rings. The molecule has 1 amide bonds. The maximum atomic E-state index is 13.1. The van der Waals surface area contributed by atoms with Crippen molar-refractivity contribution >= 4 is 19.5 Å². The van der Waals surface area contributed by atoms with Crippen molar-refractivity contribution in [2.75, 3.05) is 21.3 Å². The summed E-state index contributed by atoms with van der Waals surface area (Å²) in [7, 11) is 0.665. The van der Waals surface area contributed by atoms with Gasteiger partial charge in [0.05, 0.1) is 13.3 Å². The van der Waals surface area contributed by atoms with Gasteiger partial charge in [0.15, 0.2) is 11.5 Å². The molecule has 0 aliphatic heterocycles. The Labute approximate surface area is 257 Å². The van der Waals surface area contributed by atoms with Gasteiger partial charge in [-0.3, -0.25) is 9.36 Å². The molecule has 10 heteroatoms. The van der Waals surface area contributed by atoms with Gasteiger partial charge in [-0.25, -0.2) is 4.79 Å². The van der Waals surface area contributed by atoms with E-state index in [-0.39, 0.29) is 12.6 Å². The summed E-state index contributed by atoms with van der Waals surface area (Å²) in [5.41, 5.74) is 3.74. The summed E-state index contributed by atoms with van der Waals surface area (Å²) >= 11 is 0. The number of rotatable bonds is 15. The molecule has 0 heterocycles. The van der Waals surface area contributed by atoms with Crippen LogP contribution >= 0.6 is 7.60 Å². The summed E-state index contributed by atoms with van der Waals surface area (Å²) in [5, 5.41) is 2.77. The molecule has 1 N–H and O–H groups in total. The number of benzene rings is 4. The maximum absolute atomic E-state index is 13.1. The average molecular weight is 618 g/mol. The van der Waals surface area contributed by atoms with E-state index < -0.39 is 25.5 Å². The molecule has 0 spiro atoms. The molecule has 0 unspecified atom stereocenters. The predicted molar refractivity (Wildman–Crippen MR) is 167 cm³/mol. The summed E-state index contributed by atoms with van der Waals surface area (Å²) in [5.74, 6) is 0.0141. The fraction of sp³-hybridized carbons (Fsp3) is 0.235. The third-order valence-corrected chi connectivity index (χ3v) is 8.73. The number of nitrogens with one attached hydrogen (secondary N) is 1. The molecular weight excluding hydrogens is 581 g/mol. The molecule has 44 heavy (non-hydrogen) atoms. The van der Waals surface area contributed by atoms with Crippen molar-refractivity contribution in [3.8, 4) is 11.5 Å². The average Bonchev–Trinajstić information content (AvgIpc) is 3.07. The molecule has 1 atom stereocenters. The lowest BCUT2D eigenvalue weighted by Gasteiger charge is -2.19. The fourth-order valence-corrected chi connectivity index (χ4v) is 5.45. The Bertz CT molecular complexity index is 1550. The topological polar surface area (TPSA) is 109 Å². The second kappa shape index (κ2) is 15.9. The third-order valence-electron chi connectivity index (χ3n) is 6.86. The lowest BCUT2D eigenvalue weighted by molar-refractivity contribution is -0.142. The van der Waals surface area contributed by atoms with Crippen LogP contribution in [0.15, 0.2) is 103 Å². The van der Waals surface area contributed by atoms with Crippen LogP contribution < -0.4 is 14.8 Å². The molecule has 4 aromatic rings. The lowest BCUT2D eigenvalue weighted by atomic mass is 10.0. The van der Waals surface area contributed by atoms with Crippen molar-refractivity contribution in [1.82, 2.24) is 5.32 Å². The minimum atomic E-state index is -3.25.